The van der Waals surface area contributed by atoms with Crippen molar-refractivity contribution in [3.63, 3.8) is 0 Å². The van der Waals surface area contributed by atoms with Crippen molar-refractivity contribution in [3.8, 4) is 0 Å². The van der Waals surface area contributed by atoms with E-state index in [0.29, 0.717) is 41.8 Å². The van der Waals surface area contributed by atoms with Gasteiger partial charge in [-0.3, -0.25) is 14.0 Å². The molecule has 1 aliphatic heterocycles. The number of nitrogens with one attached hydrogen (secondary N) is 2. The lowest BCUT2D eigenvalue weighted by Gasteiger charge is -2.24. The van der Waals surface area contributed by atoms with Crippen molar-refractivity contribution in [1.29, 1.82) is 0 Å². The number of benzene rings is 1. The Labute approximate surface area is 191 Å². The Morgan fingerprint density at radius 3 is 2.55 bits per heavy atom. The third kappa shape index (κ3) is 4.28. The molecule has 1 aliphatic rings. The number of aryl methyl sites for hydroxylation is 1. The number of nitrogens with zero attached hydrogens (tertiary/aromatic N) is 4. The number of rotatable bonds is 3. The number of anilines is 2. The first-order chi connectivity index (χ1) is 15.6. The molecule has 10 heteroatoms. The predicted octanol–water partition coefficient (Wildman–Crippen LogP) is 3.23. The zero-order valence-electron chi connectivity index (χ0n) is 19.3. The molecule has 0 bridgehead atoms. The van der Waals surface area contributed by atoms with Gasteiger partial charge in [-0.15, -0.1) is 0 Å². The van der Waals surface area contributed by atoms with Gasteiger partial charge in [0, 0.05) is 36.7 Å². The van der Waals surface area contributed by atoms with Crippen LogP contribution >= 0.6 is 0 Å². The van der Waals surface area contributed by atoms with E-state index in [9.17, 15) is 14.4 Å². The number of aromatic nitrogens is 3. The lowest BCUT2D eigenvalue weighted by atomic mass is 9.92. The van der Waals surface area contributed by atoms with Crippen LogP contribution in [0.2, 0.25) is 0 Å². The second-order valence-electron chi connectivity index (χ2n) is 9.33. The van der Waals surface area contributed by atoms with E-state index in [1.165, 1.54) is 15.7 Å². The van der Waals surface area contributed by atoms with E-state index < -0.39 is 18.1 Å². The van der Waals surface area contributed by atoms with Gasteiger partial charge >= 0.3 is 12.1 Å². The van der Waals surface area contributed by atoms with Crippen LogP contribution in [0.3, 0.4) is 0 Å². The average Bonchev–Trinajstić information content (AvgIpc) is 3.46. The average molecular weight is 452 g/mol. The highest BCUT2D eigenvalue weighted by Gasteiger charge is 2.35. The summed E-state index contributed by atoms with van der Waals surface area (Å²) in [6, 6.07) is 7.36. The molecule has 4 N–H and O–H groups in total. The molecular weight excluding hydrogens is 422 g/mol. The van der Waals surface area contributed by atoms with Crippen molar-refractivity contribution in [3.05, 3.63) is 42.2 Å². The lowest BCUT2D eigenvalue weighted by Crippen LogP contribution is -2.45. The predicted molar refractivity (Wildman–Crippen MR) is 126 cm³/mol. The zero-order valence-corrected chi connectivity index (χ0v) is 19.3. The van der Waals surface area contributed by atoms with Gasteiger partial charge < -0.3 is 21.3 Å². The zero-order chi connectivity index (χ0) is 23.9. The first-order valence-corrected chi connectivity index (χ1v) is 10.9. The normalized spacial score (nSPS) is 16.2. The van der Waals surface area contributed by atoms with Gasteiger partial charge in [0.25, 0.3) is 0 Å². The molecule has 3 heterocycles. The van der Waals surface area contributed by atoms with Crippen molar-refractivity contribution in [2.75, 3.05) is 17.2 Å². The van der Waals surface area contributed by atoms with Gasteiger partial charge in [-0.1, -0.05) is 39.0 Å². The Morgan fingerprint density at radius 1 is 1.15 bits per heavy atom. The quantitative estimate of drug-likeness (QED) is 0.565. The van der Waals surface area contributed by atoms with E-state index in [4.69, 9.17) is 5.73 Å². The molecule has 10 nitrogen and oxygen atoms in total. The van der Waals surface area contributed by atoms with Crippen LogP contribution in [0, 0.1) is 0 Å². The molecule has 0 aliphatic carbocycles. The number of carbonyl (C=O) groups excluding carboxylic acids is 3. The van der Waals surface area contributed by atoms with Gasteiger partial charge in [-0.2, -0.15) is 5.10 Å². The number of para-hydroxylation sites is 1. The van der Waals surface area contributed by atoms with Crippen molar-refractivity contribution >= 4 is 40.4 Å². The molecule has 4 rings (SSSR count). The minimum Gasteiger partial charge on any atom is -0.351 e. The van der Waals surface area contributed by atoms with Gasteiger partial charge in [-0.05, 0) is 18.9 Å². The number of hydrogen-bond donors (Lipinski definition) is 3. The van der Waals surface area contributed by atoms with E-state index in [2.05, 4.69) is 36.5 Å². The molecule has 1 atom stereocenters. The summed E-state index contributed by atoms with van der Waals surface area (Å²) in [6.45, 7) is 6.62. The highest BCUT2D eigenvalue weighted by atomic mass is 16.2. The highest BCUT2D eigenvalue weighted by Crippen LogP contribution is 2.28. The molecule has 1 aromatic carbocycles. The maximum Gasteiger partial charge on any atom is 0.323 e. The topological polar surface area (TPSA) is 127 Å². The molecular formula is C23H29N7O3. The summed E-state index contributed by atoms with van der Waals surface area (Å²) in [4.78, 5) is 39.5. The first kappa shape index (κ1) is 22.4. The van der Waals surface area contributed by atoms with Crippen LogP contribution in [0.4, 0.5) is 21.1 Å². The van der Waals surface area contributed by atoms with Crippen LogP contribution in [0.25, 0.3) is 10.9 Å². The Morgan fingerprint density at radius 2 is 1.88 bits per heavy atom. The van der Waals surface area contributed by atoms with Crippen LogP contribution in [0.15, 0.2) is 36.5 Å². The number of primary amides is 1. The summed E-state index contributed by atoms with van der Waals surface area (Å²) in [5.74, 6) is 0.326. The molecule has 1 saturated heterocycles. The van der Waals surface area contributed by atoms with Gasteiger partial charge in [0.1, 0.15) is 11.9 Å². The van der Waals surface area contributed by atoms with Crippen molar-refractivity contribution in [2.24, 2.45) is 12.8 Å². The summed E-state index contributed by atoms with van der Waals surface area (Å²) in [5, 5.41) is 10.9. The highest BCUT2D eigenvalue weighted by molar-refractivity contribution is 6.06. The second kappa shape index (κ2) is 8.27. The molecule has 0 radical (unpaired) electrons. The fourth-order valence-electron chi connectivity index (χ4n) is 4.09. The number of fused-ring (bicyclic) bond motifs is 1. The number of urea groups is 1. The SMILES string of the molecule is Cn1nc(C(C)(C)C)cc1NC(=O)[C@@H]1CCCN1C(=O)Nc1cn(C(N)=O)c2ccccc12. The van der Waals surface area contributed by atoms with Crippen LogP contribution in [0.5, 0.6) is 0 Å². The van der Waals surface area contributed by atoms with Crippen molar-refractivity contribution < 1.29 is 14.4 Å². The maximum absolute atomic E-state index is 13.1. The van der Waals surface area contributed by atoms with Crippen molar-refractivity contribution in [2.45, 2.75) is 45.1 Å². The van der Waals surface area contributed by atoms with Gasteiger partial charge in [0.2, 0.25) is 5.91 Å². The first-order valence-electron chi connectivity index (χ1n) is 10.9. The smallest absolute Gasteiger partial charge is 0.323 e. The van der Waals surface area contributed by atoms with E-state index >= 15 is 0 Å². The minimum absolute atomic E-state index is 0.149. The lowest BCUT2D eigenvalue weighted by molar-refractivity contribution is -0.119. The van der Waals surface area contributed by atoms with Crippen LogP contribution < -0.4 is 16.4 Å². The molecule has 2 aromatic heterocycles. The number of hydrogen-bond acceptors (Lipinski definition) is 4. The molecule has 4 amide bonds. The summed E-state index contributed by atoms with van der Waals surface area (Å²) in [6.07, 6.45) is 2.78. The summed E-state index contributed by atoms with van der Waals surface area (Å²) in [5.41, 5.74) is 7.24. The standard InChI is InChI=1S/C23H29N7O3/c1-23(2,3)18-12-19(28(4)27-18)26-20(31)17-10-7-11-29(17)22(33)25-15-13-30(21(24)32)16-9-6-5-8-14(15)16/h5-6,8-9,12-13,17H,7,10-11H2,1-4H3,(H2,24,32)(H,25,33)(H,26,31)/t17-/m0/s1. The van der Waals surface area contributed by atoms with E-state index in [0.717, 1.165) is 5.69 Å². The van der Waals surface area contributed by atoms with Crippen LogP contribution in [-0.4, -0.2) is 49.8 Å². The third-order valence-electron chi connectivity index (χ3n) is 5.91. The van der Waals surface area contributed by atoms with Gasteiger partial charge in [0.15, 0.2) is 0 Å². The van der Waals surface area contributed by atoms with Crippen molar-refractivity contribution in [1.82, 2.24) is 19.2 Å². The summed E-state index contributed by atoms with van der Waals surface area (Å²) < 4.78 is 2.92. The Hall–Kier alpha value is -3.82. The van der Waals surface area contributed by atoms with Gasteiger partial charge in [0.05, 0.1) is 16.9 Å². The van der Waals surface area contributed by atoms with Crippen LogP contribution in [-0.2, 0) is 17.3 Å². The number of nitrogens with two attached hydrogens (primary N) is 1. The van der Waals surface area contributed by atoms with Crippen LogP contribution in [0.1, 0.15) is 39.3 Å². The van der Waals surface area contributed by atoms with E-state index in [1.54, 1.807) is 29.9 Å². The molecule has 3 aromatic rings. The molecule has 0 unspecified atom stereocenters. The summed E-state index contributed by atoms with van der Waals surface area (Å²) in [7, 11) is 1.78. The Bertz CT molecular complexity index is 1230. The third-order valence-corrected chi connectivity index (χ3v) is 5.91. The van der Waals surface area contributed by atoms with E-state index in [1.807, 2.05) is 12.1 Å². The monoisotopic (exact) mass is 451 g/mol. The largest absolute Gasteiger partial charge is 0.351 e. The number of likely N-dealkylation sites (tertiary alicyclic amines) is 1. The second-order valence-corrected chi connectivity index (χ2v) is 9.33. The van der Waals surface area contributed by atoms with E-state index in [-0.39, 0.29) is 11.3 Å². The molecule has 1 fully saturated rings. The molecule has 0 saturated carbocycles. The van der Waals surface area contributed by atoms with Gasteiger partial charge in [-0.25, -0.2) is 9.59 Å². The number of carbonyl (C=O) groups is 3. The fraction of sp³-hybridized carbons (Fsp3) is 0.391. The molecule has 33 heavy (non-hydrogen) atoms. The Kier molecular flexibility index (Phi) is 5.61. The molecule has 174 valence electrons. The maximum atomic E-state index is 13.1. The minimum atomic E-state index is -0.643. The fourth-order valence-corrected chi connectivity index (χ4v) is 4.09. The number of amides is 4. The molecule has 0 spiro atoms. The summed E-state index contributed by atoms with van der Waals surface area (Å²) >= 11 is 0. The Balaban J connectivity index is 1.51.